The molecule has 0 fully saturated rings. The lowest BCUT2D eigenvalue weighted by atomic mass is 10.2. The lowest BCUT2D eigenvalue weighted by Crippen LogP contribution is -1.82. The third kappa shape index (κ3) is 1.22. The van der Waals surface area contributed by atoms with Gasteiger partial charge in [-0.2, -0.15) is 0 Å². The van der Waals surface area contributed by atoms with Crippen molar-refractivity contribution in [2.75, 3.05) is 5.73 Å². The summed E-state index contributed by atoms with van der Waals surface area (Å²) in [5, 5.41) is 1.18. The number of fused-ring (bicyclic) bond motifs is 1. The van der Waals surface area contributed by atoms with Crippen LogP contribution in [0.1, 0.15) is 0 Å². The van der Waals surface area contributed by atoms with Crippen LogP contribution in [0.4, 0.5) is 5.69 Å². The Bertz CT molecular complexity index is 394. The second-order valence-electron chi connectivity index (χ2n) is 2.31. The molecule has 3 heteroatoms. The zero-order valence-corrected chi connectivity index (χ0v) is 8.65. The highest BCUT2D eigenvalue weighted by molar-refractivity contribution is 14.1. The molecule has 0 unspecified atom stereocenters. The number of halogens is 1. The topological polar surface area (TPSA) is 26.0 Å². The van der Waals surface area contributed by atoms with E-state index in [2.05, 4.69) is 34.7 Å². The molecule has 1 aromatic carbocycles. The van der Waals surface area contributed by atoms with E-state index in [4.69, 9.17) is 5.73 Å². The minimum atomic E-state index is 0.877. The molecule has 2 aromatic rings. The number of rotatable bonds is 0. The molecule has 2 rings (SSSR count). The fraction of sp³-hybridized carbons (Fsp3) is 0. The molecule has 0 radical (unpaired) electrons. The second kappa shape index (κ2) is 2.64. The van der Waals surface area contributed by atoms with Gasteiger partial charge in [-0.1, -0.05) is 6.07 Å². The van der Waals surface area contributed by atoms with E-state index >= 15 is 0 Å². The van der Waals surface area contributed by atoms with Gasteiger partial charge in [-0.25, -0.2) is 0 Å². The Labute approximate surface area is 82.4 Å². The average molecular weight is 275 g/mol. The fourth-order valence-electron chi connectivity index (χ4n) is 1.05. The van der Waals surface area contributed by atoms with Gasteiger partial charge in [-0.3, -0.25) is 0 Å². The van der Waals surface area contributed by atoms with E-state index in [1.807, 2.05) is 12.1 Å². The summed E-state index contributed by atoms with van der Waals surface area (Å²) >= 11 is 4.09. The first-order valence-corrected chi connectivity index (χ1v) is 5.10. The second-order valence-corrected chi connectivity index (χ2v) is 5.29. The Balaban J connectivity index is 2.90. The predicted molar refractivity (Wildman–Crippen MR) is 59.0 cm³/mol. The number of thiophene rings is 1. The van der Waals surface area contributed by atoms with E-state index in [0.717, 1.165) is 5.69 Å². The van der Waals surface area contributed by atoms with Gasteiger partial charge in [-0.05, 0) is 40.8 Å². The van der Waals surface area contributed by atoms with Gasteiger partial charge in [0.05, 0.1) is 2.88 Å². The Morgan fingerprint density at radius 3 is 2.91 bits per heavy atom. The molecule has 1 aromatic heterocycles. The number of nitrogens with two attached hydrogens (primary N) is 1. The van der Waals surface area contributed by atoms with E-state index in [1.165, 1.54) is 13.0 Å². The highest BCUT2D eigenvalue weighted by Gasteiger charge is 2.00. The SMILES string of the molecule is Nc1cccc2sc(I)cc12. The van der Waals surface area contributed by atoms with Crippen molar-refractivity contribution in [2.45, 2.75) is 0 Å². The van der Waals surface area contributed by atoms with Gasteiger partial charge in [0.1, 0.15) is 0 Å². The van der Waals surface area contributed by atoms with Gasteiger partial charge in [0, 0.05) is 15.8 Å². The van der Waals surface area contributed by atoms with Gasteiger partial charge in [-0.15, -0.1) is 11.3 Å². The third-order valence-electron chi connectivity index (χ3n) is 1.57. The molecule has 11 heavy (non-hydrogen) atoms. The van der Waals surface area contributed by atoms with Gasteiger partial charge in [0.15, 0.2) is 0 Å². The van der Waals surface area contributed by atoms with E-state index in [9.17, 15) is 0 Å². The van der Waals surface area contributed by atoms with E-state index < -0.39 is 0 Å². The van der Waals surface area contributed by atoms with Crippen LogP contribution in [-0.2, 0) is 0 Å². The third-order valence-corrected chi connectivity index (χ3v) is 3.43. The Hall–Kier alpha value is -0.290. The number of anilines is 1. The summed E-state index contributed by atoms with van der Waals surface area (Å²) in [6.07, 6.45) is 0. The average Bonchev–Trinajstić information content (AvgIpc) is 2.31. The first-order valence-electron chi connectivity index (χ1n) is 3.21. The molecule has 2 N–H and O–H groups in total. The van der Waals surface area contributed by atoms with Crippen LogP contribution in [0.5, 0.6) is 0 Å². The van der Waals surface area contributed by atoms with Crippen molar-refractivity contribution < 1.29 is 0 Å². The molecule has 0 aliphatic rings. The molecule has 1 heterocycles. The first-order chi connectivity index (χ1) is 5.27. The minimum absolute atomic E-state index is 0.877. The molecule has 0 aliphatic heterocycles. The standard InChI is InChI=1S/C8H6INS/c9-8-4-5-6(10)2-1-3-7(5)11-8/h1-4H,10H2. The van der Waals surface area contributed by atoms with Crippen molar-refractivity contribution in [2.24, 2.45) is 0 Å². The molecule has 56 valence electrons. The van der Waals surface area contributed by atoms with Crippen LogP contribution in [0, 0.1) is 2.88 Å². The monoisotopic (exact) mass is 275 g/mol. The number of benzene rings is 1. The van der Waals surface area contributed by atoms with Crippen LogP contribution in [0.25, 0.3) is 10.1 Å². The highest BCUT2D eigenvalue weighted by Crippen LogP contribution is 2.30. The molecular formula is C8H6INS. The maximum Gasteiger partial charge on any atom is 0.0666 e. The first kappa shape index (κ1) is 7.36. The summed E-state index contributed by atoms with van der Waals surface area (Å²) in [6, 6.07) is 8.14. The molecule has 0 saturated carbocycles. The lowest BCUT2D eigenvalue weighted by molar-refractivity contribution is 1.80. The largest absolute Gasteiger partial charge is 0.398 e. The smallest absolute Gasteiger partial charge is 0.0666 e. The van der Waals surface area contributed by atoms with Gasteiger partial charge in [0.2, 0.25) is 0 Å². The van der Waals surface area contributed by atoms with Crippen LogP contribution in [-0.4, -0.2) is 0 Å². The Morgan fingerprint density at radius 2 is 2.18 bits per heavy atom. The fourth-order valence-corrected chi connectivity index (χ4v) is 2.90. The summed E-state index contributed by atoms with van der Waals surface area (Å²) < 4.78 is 2.56. The van der Waals surface area contributed by atoms with Crippen LogP contribution < -0.4 is 5.73 Å². The Kier molecular flexibility index (Phi) is 1.77. The molecule has 0 atom stereocenters. The van der Waals surface area contributed by atoms with E-state index in [0.29, 0.717) is 0 Å². The maximum absolute atomic E-state index is 5.77. The maximum atomic E-state index is 5.77. The molecule has 0 aliphatic carbocycles. The zero-order valence-electron chi connectivity index (χ0n) is 5.67. The summed E-state index contributed by atoms with van der Waals surface area (Å²) in [6.45, 7) is 0. The van der Waals surface area contributed by atoms with Crippen LogP contribution >= 0.6 is 33.9 Å². The van der Waals surface area contributed by atoms with Crippen molar-refractivity contribution in [1.29, 1.82) is 0 Å². The van der Waals surface area contributed by atoms with Gasteiger partial charge in [0.25, 0.3) is 0 Å². The number of nitrogen functional groups attached to an aromatic ring is 1. The van der Waals surface area contributed by atoms with E-state index in [-0.39, 0.29) is 0 Å². The molecule has 0 bridgehead atoms. The van der Waals surface area contributed by atoms with Gasteiger partial charge < -0.3 is 5.73 Å². The summed E-state index contributed by atoms with van der Waals surface area (Å²) in [5.41, 5.74) is 6.65. The summed E-state index contributed by atoms with van der Waals surface area (Å²) in [4.78, 5) is 0. The Morgan fingerprint density at radius 1 is 1.36 bits per heavy atom. The number of hydrogen-bond donors (Lipinski definition) is 1. The molecule has 0 spiro atoms. The van der Waals surface area contributed by atoms with E-state index in [1.54, 1.807) is 11.3 Å². The normalized spacial score (nSPS) is 10.6. The van der Waals surface area contributed by atoms with Crippen molar-refractivity contribution >= 4 is 49.7 Å². The summed E-state index contributed by atoms with van der Waals surface area (Å²) in [5.74, 6) is 0. The van der Waals surface area contributed by atoms with Crippen LogP contribution in [0.15, 0.2) is 24.3 Å². The molecule has 1 nitrogen and oxygen atoms in total. The predicted octanol–water partition coefficient (Wildman–Crippen LogP) is 3.09. The minimum Gasteiger partial charge on any atom is -0.398 e. The summed E-state index contributed by atoms with van der Waals surface area (Å²) in [7, 11) is 0. The van der Waals surface area contributed by atoms with Crippen molar-refractivity contribution in [3.05, 3.63) is 27.1 Å². The molecular weight excluding hydrogens is 269 g/mol. The quantitative estimate of drug-likeness (QED) is 0.580. The van der Waals surface area contributed by atoms with Crippen molar-refractivity contribution in [3.8, 4) is 0 Å². The lowest BCUT2D eigenvalue weighted by Gasteiger charge is -1.92. The van der Waals surface area contributed by atoms with Gasteiger partial charge >= 0.3 is 0 Å². The van der Waals surface area contributed by atoms with Crippen molar-refractivity contribution in [1.82, 2.24) is 0 Å². The van der Waals surface area contributed by atoms with Crippen LogP contribution in [0.2, 0.25) is 0 Å². The highest BCUT2D eigenvalue weighted by atomic mass is 127. The molecule has 0 saturated heterocycles. The van der Waals surface area contributed by atoms with Crippen molar-refractivity contribution in [3.63, 3.8) is 0 Å². The van der Waals surface area contributed by atoms with Crippen LogP contribution in [0.3, 0.4) is 0 Å². The number of hydrogen-bond acceptors (Lipinski definition) is 2. The zero-order chi connectivity index (χ0) is 7.84. The molecule has 0 amide bonds.